The van der Waals surface area contributed by atoms with Crippen LogP contribution in [0.25, 0.3) is 0 Å². The number of nitrogens with one attached hydrogen (secondary N) is 1. The van der Waals surface area contributed by atoms with Gasteiger partial charge >= 0.3 is 5.97 Å². The van der Waals surface area contributed by atoms with E-state index in [0.29, 0.717) is 16.8 Å². The molecule has 0 fully saturated rings. The molecular formula is C15H12INO3. The SMILES string of the molecule is O=C(O)Cc1ccc(NC(=O)c2ccc(I)cc2)cc1. The molecule has 0 radical (unpaired) electrons. The quantitative estimate of drug-likeness (QED) is 0.800. The first kappa shape index (κ1) is 14.5. The Morgan fingerprint density at radius 1 is 1.00 bits per heavy atom. The Bertz CT molecular complexity index is 621. The lowest BCUT2D eigenvalue weighted by Gasteiger charge is -2.06. The maximum absolute atomic E-state index is 12.0. The number of carboxylic acid groups (broad SMARTS) is 1. The minimum Gasteiger partial charge on any atom is -0.481 e. The second-order valence-corrected chi connectivity index (χ2v) is 5.47. The van der Waals surface area contributed by atoms with Crippen LogP contribution in [0.1, 0.15) is 15.9 Å². The molecular weight excluding hydrogens is 369 g/mol. The molecule has 0 atom stereocenters. The first-order chi connectivity index (χ1) is 9.54. The minimum absolute atomic E-state index is 0.0225. The fraction of sp³-hybridized carbons (Fsp3) is 0.0667. The summed E-state index contributed by atoms with van der Waals surface area (Å²) in [6.07, 6.45) is -0.0225. The summed E-state index contributed by atoms with van der Waals surface area (Å²) in [6.45, 7) is 0. The van der Waals surface area contributed by atoms with Crippen molar-refractivity contribution in [3.8, 4) is 0 Å². The van der Waals surface area contributed by atoms with Crippen LogP contribution < -0.4 is 5.32 Å². The number of rotatable bonds is 4. The van der Waals surface area contributed by atoms with Crippen molar-refractivity contribution in [1.29, 1.82) is 0 Å². The Labute approximate surface area is 130 Å². The van der Waals surface area contributed by atoms with Crippen LogP contribution in [0, 0.1) is 3.57 Å². The van der Waals surface area contributed by atoms with E-state index < -0.39 is 5.97 Å². The number of anilines is 1. The molecule has 0 heterocycles. The molecule has 0 saturated heterocycles. The number of amides is 1. The number of carbonyl (C=O) groups excluding carboxylic acids is 1. The highest BCUT2D eigenvalue weighted by atomic mass is 127. The summed E-state index contributed by atoms with van der Waals surface area (Å²) >= 11 is 2.18. The van der Waals surface area contributed by atoms with Crippen molar-refractivity contribution < 1.29 is 14.7 Å². The van der Waals surface area contributed by atoms with Crippen LogP contribution in [0.4, 0.5) is 5.69 Å². The Hall–Kier alpha value is -1.89. The van der Waals surface area contributed by atoms with Crippen LogP contribution >= 0.6 is 22.6 Å². The second-order valence-electron chi connectivity index (χ2n) is 4.23. The van der Waals surface area contributed by atoms with Crippen molar-refractivity contribution in [2.24, 2.45) is 0 Å². The van der Waals surface area contributed by atoms with E-state index in [2.05, 4.69) is 27.9 Å². The van der Waals surface area contributed by atoms with E-state index in [0.717, 1.165) is 3.57 Å². The van der Waals surface area contributed by atoms with Crippen LogP contribution in [-0.2, 0) is 11.2 Å². The number of hydrogen-bond donors (Lipinski definition) is 2. The van der Waals surface area contributed by atoms with Gasteiger partial charge in [0.25, 0.3) is 5.91 Å². The van der Waals surface area contributed by atoms with Gasteiger partial charge in [-0.1, -0.05) is 12.1 Å². The average molecular weight is 381 g/mol. The lowest BCUT2D eigenvalue weighted by molar-refractivity contribution is -0.136. The third-order valence-corrected chi connectivity index (χ3v) is 3.39. The van der Waals surface area contributed by atoms with E-state index in [-0.39, 0.29) is 12.3 Å². The van der Waals surface area contributed by atoms with E-state index in [1.54, 1.807) is 36.4 Å². The molecule has 102 valence electrons. The van der Waals surface area contributed by atoms with Gasteiger partial charge in [0.2, 0.25) is 0 Å². The molecule has 1 amide bonds. The van der Waals surface area contributed by atoms with Crippen molar-refractivity contribution in [1.82, 2.24) is 0 Å². The van der Waals surface area contributed by atoms with Crippen LogP contribution in [0.15, 0.2) is 48.5 Å². The Morgan fingerprint density at radius 2 is 1.60 bits per heavy atom. The summed E-state index contributed by atoms with van der Waals surface area (Å²) in [5.74, 6) is -1.06. The molecule has 0 aliphatic rings. The smallest absolute Gasteiger partial charge is 0.307 e. The first-order valence-electron chi connectivity index (χ1n) is 5.92. The molecule has 20 heavy (non-hydrogen) atoms. The molecule has 0 aliphatic heterocycles. The summed E-state index contributed by atoms with van der Waals surface area (Å²) in [4.78, 5) is 22.6. The van der Waals surface area contributed by atoms with E-state index >= 15 is 0 Å². The molecule has 0 saturated carbocycles. The van der Waals surface area contributed by atoms with E-state index in [4.69, 9.17) is 5.11 Å². The molecule has 5 heteroatoms. The second kappa shape index (κ2) is 6.51. The van der Waals surface area contributed by atoms with E-state index in [9.17, 15) is 9.59 Å². The van der Waals surface area contributed by atoms with Crippen molar-refractivity contribution in [2.75, 3.05) is 5.32 Å². The molecule has 2 aromatic carbocycles. The van der Waals surface area contributed by atoms with Crippen LogP contribution in [0.3, 0.4) is 0 Å². The number of carbonyl (C=O) groups is 2. The predicted octanol–water partition coefficient (Wildman–Crippen LogP) is 3.17. The van der Waals surface area contributed by atoms with Crippen LogP contribution in [0.5, 0.6) is 0 Å². The molecule has 0 spiro atoms. The normalized spacial score (nSPS) is 10.1. The van der Waals surface area contributed by atoms with Gasteiger partial charge in [0.05, 0.1) is 6.42 Å². The Kier molecular flexibility index (Phi) is 4.73. The fourth-order valence-corrected chi connectivity index (χ4v) is 2.04. The maximum atomic E-state index is 12.0. The fourth-order valence-electron chi connectivity index (χ4n) is 1.69. The zero-order valence-corrected chi connectivity index (χ0v) is 12.6. The summed E-state index contributed by atoms with van der Waals surface area (Å²) < 4.78 is 1.07. The summed E-state index contributed by atoms with van der Waals surface area (Å²) in [5.41, 5.74) is 1.92. The predicted molar refractivity (Wildman–Crippen MR) is 84.9 cm³/mol. The average Bonchev–Trinajstić information content (AvgIpc) is 2.41. The molecule has 0 bridgehead atoms. The van der Waals surface area contributed by atoms with Crippen molar-refractivity contribution in [3.63, 3.8) is 0 Å². The number of benzene rings is 2. The molecule has 0 unspecified atom stereocenters. The Morgan fingerprint density at radius 3 is 2.15 bits per heavy atom. The lowest BCUT2D eigenvalue weighted by Crippen LogP contribution is -2.11. The monoisotopic (exact) mass is 381 g/mol. The molecule has 4 nitrogen and oxygen atoms in total. The number of hydrogen-bond acceptors (Lipinski definition) is 2. The van der Waals surface area contributed by atoms with Gasteiger partial charge in [0.15, 0.2) is 0 Å². The number of aliphatic carboxylic acids is 1. The van der Waals surface area contributed by atoms with Crippen LogP contribution in [-0.4, -0.2) is 17.0 Å². The van der Waals surface area contributed by atoms with Gasteiger partial charge in [-0.15, -0.1) is 0 Å². The van der Waals surface area contributed by atoms with Crippen LogP contribution in [0.2, 0.25) is 0 Å². The lowest BCUT2D eigenvalue weighted by atomic mass is 10.1. The van der Waals surface area contributed by atoms with Crippen molar-refractivity contribution >= 4 is 40.2 Å². The number of carboxylic acids is 1. The third-order valence-electron chi connectivity index (χ3n) is 2.67. The highest BCUT2D eigenvalue weighted by molar-refractivity contribution is 14.1. The van der Waals surface area contributed by atoms with E-state index in [1.165, 1.54) is 0 Å². The topological polar surface area (TPSA) is 66.4 Å². The zero-order chi connectivity index (χ0) is 14.5. The molecule has 2 aromatic rings. The molecule has 0 aliphatic carbocycles. The van der Waals surface area contributed by atoms with Gasteiger partial charge in [0.1, 0.15) is 0 Å². The van der Waals surface area contributed by atoms with Gasteiger partial charge in [-0.05, 0) is 64.6 Å². The highest BCUT2D eigenvalue weighted by Gasteiger charge is 2.06. The summed E-state index contributed by atoms with van der Waals surface area (Å²) in [5, 5.41) is 11.5. The van der Waals surface area contributed by atoms with Gasteiger partial charge < -0.3 is 10.4 Å². The molecule has 0 aromatic heterocycles. The standard InChI is InChI=1S/C15H12INO3/c16-12-5-3-11(4-6-12)15(20)17-13-7-1-10(2-8-13)9-14(18)19/h1-8H,9H2,(H,17,20)(H,18,19). The zero-order valence-electron chi connectivity index (χ0n) is 10.5. The Balaban J connectivity index is 2.04. The number of halogens is 1. The summed E-state index contributed by atoms with van der Waals surface area (Å²) in [6, 6.07) is 14.0. The molecule has 2 N–H and O–H groups in total. The van der Waals surface area contributed by atoms with Crippen molar-refractivity contribution in [2.45, 2.75) is 6.42 Å². The largest absolute Gasteiger partial charge is 0.481 e. The minimum atomic E-state index is -0.874. The van der Waals surface area contributed by atoms with Gasteiger partial charge in [-0.3, -0.25) is 9.59 Å². The maximum Gasteiger partial charge on any atom is 0.307 e. The first-order valence-corrected chi connectivity index (χ1v) is 7.00. The van der Waals surface area contributed by atoms with Gasteiger partial charge in [0, 0.05) is 14.8 Å². The molecule has 2 rings (SSSR count). The highest BCUT2D eigenvalue weighted by Crippen LogP contribution is 2.13. The van der Waals surface area contributed by atoms with Crippen molar-refractivity contribution in [3.05, 3.63) is 63.2 Å². The van der Waals surface area contributed by atoms with E-state index in [1.807, 2.05) is 12.1 Å². The summed E-state index contributed by atoms with van der Waals surface area (Å²) in [7, 11) is 0. The van der Waals surface area contributed by atoms with Gasteiger partial charge in [-0.2, -0.15) is 0 Å². The third kappa shape index (κ3) is 4.06. The van der Waals surface area contributed by atoms with Gasteiger partial charge in [-0.25, -0.2) is 0 Å².